The minimum Gasteiger partial charge on any atom is -0.381 e. The normalized spacial score (nSPS) is 16.1. The topological polar surface area (TPSA) is 89.0 Å². The lowest BCUT2D eigenvalue weighted by Gasteiger charge is -2.21. The van der Waals surface area contributed by atoms with Gasteiger partial charge in [0.25, 0.3) is 0 Å². The summed E-state index contributed by atoms with van der Waals surface area (Å²) in [5.74, 6) is 1.38. The molecule has 0 saturated carbocycles. The van der Waals surface area contributed by atoms with Crippen molar-refractivity contribution in [3.8, 4) is 0 Å². The molecule has 8 heteroatoms. The van der Waals surface area contributed by atoms with E-state index < -0.39 is 9.84 Å². The fourth-order valence-electron chi connectivity index (χ4n) is 2.90. The molecule has 0 amide bonds. The number of ether oxygens (including phenoxy) is 2. The fraction of sp³-hybridized carbons (Fsp3) is 0.650. The Hall–Kier alpha value is -1.64. The van der Waals surface area contributed by atoms with E-state index in [1.54, 1.807) is 24.3 Å². The van der Waals surface area contributed by atoms with Gasteiger partial charge in [-0.15, -0.1) is 0 Å². The number of nitrogens with zero attached hydrogens (tertiary/aromatic N) is 1. The maximum absolute atomic E-state index is 11.5. The van der Waals surface area contributed by atoms with Crippen LogP contribution in [0.25, 0.3) is 0 Å². The first-order chi connectivity index (χ1) is 13.5. The van der Waals surface area contributed by atoms with Crippen molar-refractivity contribution < 1.29 is 17.9 Å². The van der Waals surface area contributed by atoms with E-state index in [0.717, 1.165) is 70.3 Å². The molecule has 7 nitrogen and oxygen atoms in total. The third-order valence-electron chi connectivity index (χ3n) is 4.57. The van der Waals surface area contributed by atoms with Crippen molar-refractivity contribution in [2.45, 2.75) is 37.6 Å². The summed E-state index contributed by atoms with van der Waals surface area (Å²) in [4.78, 5) is 4.88. The van der Waals surface area contributed by atoms with E-state index in [-0.39, 0.29) is 0 Å². The van der Waals surface area contributed by atoms with E-state index in [1.807, 2.05) is 6.92 Å². The first-order valence-electron chi connectivity index (χ1n) is 9.95. The maximum Gasteiger partial charge on any atom is 0.191 e. The summed E-state index contributed by atoms with van der Waals surface area (Å²) in [6.45, 7) is 7.34. The van der Waals surface area contributed by atoms with E-state index in [9.17, 15) is 8.42 Å². The summed E-state index contributed by atoms with van der Waals surface area (Å²) in [5, 5.41) is 6.53. The predicted molar refractivity (Wildman–Crippen MR) is 111 cm³/mol. The van der Waals surface area contributed by atoms with Gasteiger partial charge in [0.1, 0.15) is 0 Å². The van der Waals surface area contributed by atoms with Crippen molar-refractivity contribution >= 4 is 15.8 Å². The van der Waals surface area contributed by atoms with Crippen LogP contribution in [0, 0.1) is 5.92 Å². The van der Waals surface area contributed by atoms with Crippen molar-refractivity contribution in [1.29, 1.82) is 0 Å². The number of hydrogen-bond donors (Lipinski definition) is 2. The van der Waals surface area contributed by atoms with Gasteiger partial charge in [0.15, 0.2) is 15.8 Å². The van der Waals surface area contributed by atoms with Crippen LogP contribution in [0.2, 0.25) is 0 Å². The Labute approximate surface area is 168 Å². The molecule has 1 aromatic rings. The van der Waals surface area contributed by atoms with Crippen molar-refractivity contribution in [2.75, 3.05) is 45.8 Å². The summed E-state index contributed by atoms with van der Waals surface area (Å²) in [5.41, 5.74) is 0.962. The van der Waals surface area contributed by atoms with Crippen molar-refractivity contribution in [1.82, 2.24) is 10.6 Å². The Balaban J connectivity index is 1.69. The van der Waals surface area contributed by atoms with E-state index >= 15 is 0 Å². The maximum atomic E-state index is 11.5. The lowest BCUT2D eigenvalue weighted by molar-refractivity contribution is 0.0203. The van der Waals surface area contributed by atoms with Crippen LogP contribution in [-0.2, 0) is 25.9 Å². The number of benzene rings is 1. The molecule has 0 spiro atoms. The number of sulfone groups is 1. The quantitative estimate of drug-likeness (QED) is 0.348. The molecular weight excluding hydrogens is 378 g/mol. The molecule has 158 valence electrons. The highest BCUT2D eigenvalue weighted by molar-refractivity contribution is 7.90. The molecule has 1 aromatic carbocycles. The van der Waals surface area contributed by atoms with Crippen molar-refractivity contribution in [2.24, 2.45) is 10.9 Å². The average Bonchev–Trinajstić information content (AvgIpc) is 2.69. The third kappa shape index (κ3) is 8.58. The molecule has 0 unspecified atom stereocenters. The molecule has 0 bridgehead atoms. The molecule has 1 fully saturated rings. The molecule has 28 heavy (non-hydrogen) atoms. The summed E-state index contributed by atoms with van der Waals surface area (Å²) in [6, 6.07) is 6.84. The Morgan fingerprint density at radius 2 is 1.93 bits per heavy atom. The number of hydrogen-bond acceptors (Lipinski definition) is 5. The van der Waals surface area contributed by atoms with Gasteiger partial charge in [-0.1, -0.05) is 12.1 Å². The third-order valence-corrected chi connectivity index (χ3v) is 5.70. The molecule has 0 atom stereocenters. The smallest absolute Gasteiger partial charge is 0.191 e. The van der Waals surface area contributed by atoms with Crippen LogP contribution < -0.4 is 10.6 Å². The van der Waals surface area contributed by atoms with E-state index in [2.05, 4.69) is 15.6 Å². The molecule has 1 aliphatic rings. The molecule has 1 saturated heterocycles. The second kappa shape index (κ2) is 12.0. The molecule has 1 heterocycles. The average molecular weight is 412 g/mol. The van der Waals surface area contributed by atoms with Crippen LogP contribution in [-0.4, -0.2) is 60.2 Å². The zero-order valence-corrected chi connectivity index (χ0v) is 17.8. The van der Waals surface area contributed by atoms with Crippen LogP contribution in [0.3, 0.4) is 0 Å². The minimum atomic E-state index is -3.17. The van der Waals surface area contributed by atoms with E-state index in [4.69, 9.17) is 9.47 Å². The highest BCUT2D eigenvalue weighted by atomic mass is 32.2. The van der Waals surface area contributed by atoms with Gasteiger partial charge in [0, 0.05) is 45.8 Å². The van der Waals surface area contributed by atoms with Crippen LogP contribution >= 0.6 is 0 Å². The summed E-state index contributed by atoms with van der Waals surface area (Å²) >= 11 is 0. The van der Waals surface area contributed by atoms with Gasteiger partial charge in [-0.2, -0.15) is 0 Å². The van der Waals surface area contributed by atoms with Crippen LogP contribution in [0.5, 0.6) is 0 Å². The SMILES string of the molecule is CCNC(=NCc1ccc(S(C)(=O)=O)cc1)NCCCOCC1CCOCC1. The number of rotatable bonds is 10. The summed E-state index contributed by atoms with van der Waals surface area (Å²) < 4.78 is 34.2. The van der Waals surface area contributed by atoms with Crippen molar-refractivity contribution in [3.05, 3.63) is 29.8 Å². The molecular formula is C20H33N3O4S. The van der Waals surface area contributed by atoms with Gasteiger partial charge < -0.3 is 20.1 Å². The minimum absolute atomic E-state index is 0.325. The highest BCUT2D eigenvalue weighted by Crippen LogP contribution is 2.14. The first kappa shape index (κ1) is 22.6. The van der Waals surface area contributed by atoms with Gasteiger partial charge in [-0.3, -0.25) is 0 Å². The van der Waals surface area contributed by atoms with E-state index in [0.29, 0.717) is 17.4 Å². The molecule has 1 aliphatic heterocycles. The summed E-state index contributed by atoms with van der Waals surface area (Å²) in [7, 11) is -3.17. The Morgan fingerprint density at radius 3 is 2.57 bits per heavy atom. The second-order valence-electron chi connectivity index (χ2n) is 7.02. The molecule has 2 N–H and O–H groups in total. The van der Waals surface area contributed by atoms with Gasteiger partial charge in [0.05, 0.1) is 11.4 Å². The Kier molecular flexibility index (Phi) is 9.73. The molecule has 0 radical (unpaired) electrons. The van der Waals surface area contributed by atoms with Crippen LogP contribution in [0.4, 0.5) is 0 Å². The van der Waals surface area contributed by atoms with Crippen molar-refractivity contribution in [3.63, 3.8) is 0 Å². The monoisotopic (exact) mass is 411 g/mol. The van der Waals surface area contributed by atoms with E-state index in [1.165, 1.54) is 6.26 Å². The van der Waals surface area contributed by atoms with Gasteiger partial charge >= 0.3 is 0 Å². The Bertz CT molecular complexity index is 699. The van der Waals surface area contributed by atoms with Gasteiger partial charge in [-0.25, -0.2) is 13.4 Å². The van der Waals surface area contributed by atoms with Crippen LogP contribution in [0.15, 0.2) is 34.2 Å². The molecule has 0 aromatic heterocycles. The number of nitrogens with one attached hydrogen (secondary N) is 2. The van der Waals surface area contributed by atoms with Gasteiger partial charge in [-0.05, 0) is 49.8 Å². The number of aliphatic imine (C=N–C) groups is 1. The Morgan fingerprint density at radius 1 is 1.21 bits per heavy atom. The zero-order valence-electron chi connectivity index (χ0n) is 16.9. The molecule has 0 aliphatic carbocycles. The lowest BCUT2D eigenvalue weighted by Crippen LogP contribution is -2.38. The summed E-state index contributed by atoms with van der Waals surface area (Å²) in [6.07, 6.45) is 4.32. The van der Waals surface area contributed by atoms with Crippen LogP contribution in [0.1, 0.15) is 31.7 Å². The lowest BCUT2D eigenvalue weighted by atomic mass is 10.0. The largest absolute Gasteiger partial charge is 0.381 e. The van der Waals surface area contributed by atoms with Gasteiger partial charge in [0.2, 0.25) is 0 Å². The highest BCUT2D eigenvalue weighted by Gasteiger charge is 2.13. The predicted octanol–water partition coefficient (Wildman–Crippen LogP) is 1.98. The number of guanidine groups is 1. The second-order valence-corrected chi connectivity index (χ2v) is 9.04. The first-order valence-corrected chi connectivity index (χ1v) is 11.8. The fourth-order valence-corrected chi connectivity index (χ4v) is 3.53. The standard InChI is InChI=1S/C20H33N3O4S/c1-3-21-20(22-11-4-12-27-16-18-9-13-26-14-10-18)23-15-17-5-7-19(8-6-17)28(2,24)25/h5-8,18H,3-4,9-16H2,1-2H3,(H2,21,22,23). The molecule has 2 rings (SSSR count). The zero-order chi connectivity index (χ0) is 20.2.